The molecule has 1 N–H and O–H groups in total. The molecule has 0 unspecified atom stereocenters. The Bertz CT molecular complexity index is 567. The average Bonchev–Trinajstić information content (AvgIpc) is 2.43. The van der Waals surface area contributed by atoms with E-state index < -0.39 is 0 Å². The number of hydrogen-bond acceptors (Lipinski definition) is 3. The summed E-state index contributed by atoms with van der Waals surface area (Å²) in [7, 11) is 1.59. The van der Waals surface area contributed by atoms with Gasteiger partial charge in [-0.3, -0.25) is 4.79 Å². The summed E-state index contributed by atoms with van der Waals surface area (Å²) in [6, 6.07) is 9.28. The second kappa shape index (κ2) is 5.49. The Labute approximate surface area is 106 Å². The van der Waals surface area contributed by atoms with Crippen LogP contribution in [-0.4, -0.2) is 24.5 Å². The van der Waals surface area contributed by atoms with Crippen molar-refractivity contribution in [2.24, 2.45) is 0 Å². The number of para-hydroxylation sites is 1. The fraction of sp³-hybridized carbons (Fsp3) is 0.286. The van der Waals surface area contributed by atoms with Crippen LogP contribution in [0.25, 0.3) is 10.9 Å². The highest BCUT2D eigenvalue weighted by Crippen LogP contribution is 2.24. The molecule has 4 nitrogen and oxygen atoms in total. The van der Waals surface area contributed by atoms with Gasteiger partial charge in [-0.2, -0.15) is 0 Å². The molecule has 0 bridgehead atoms. The van der Waals surface area contributed by atoms with Crippen molar-refractivity contribution < 1.29 is 9.53 Å². The maximum absolute atomic E-state index is 11.9. The van der Waals surface area contributed by atoms with Crippen LogP contribution in [-0.2, 0) is 0 Å². The number of rotatable bonds is 4. The van der Waals surface area contributed by atoms with Crippen molar-refractivity contribution in [2.45, 2.75) is 13.3 Å². The Morgan fingerprint density at radius 3 is 2.89 bits per heavy atom. The van der Waals surface area contributed by atoms with E-state index in [0.717, 1.165) is 17.3 Å². The molecule has 0 aliphatic rings. The van der Waals surface area contributed by atoms with Gasteiger partial charge in [-0.25, -0.2) is 4.98 Å². The number of aromatic nitrogens is 1. The van der Waals surface area contributed by atoms with Gasteiger partial charge in [0.2, 0.25) is 0 Å². The van der Waals surface area contributed by atoms with Crippen molar-refractivity contribution >= 4 is 16.8 Å². The number of nitrogens with zero attached hydrogens (tertiary/aromatic N) is 1. The van der Waals surface area contributed by atoms with Crippen LogP contribution < -0.4 is 10.1 Å². The Morgan fingerprint density at radius 1 is 1.39 bits per heavy atom. The van der Waals surface area contributed by atoms with Gasteiger partial charge in [0.25, 0.3) is 5.91 Å². The fourth-order valence-electron chi connectivity index (χ4n) is 1.76. The van der Waals surface area contributed by atoms with E-state index in [9.17, 15) is 4.79 Å². The lowest BCUT2D eigenvalue weighted by Crippen LogP contribution is -2.25. The highest BCUT2D eigenvalue weighted by Gasteiger charge is 2.11. The predicted octanol–water partition coefficient (Wildman–Crippen LogP) is 2.38. The molecule has 0 saturated carbocycles. The Kier molecular flexibility index (Phi) is 3.77. The highest BCUT2D eigenvalue weighted by atomic mass is 16.5. The van der Waals surface area contributed by atoms with Gasteiger partial charge in [-0.15, -0.1) is 0 Å². The van der Waals surface area contributed by atoms with E-state index in [1.807, 2.05) is 31.2 Å². The van der Waals surface area contributed by atoms with E-state index in [4.69, 9.17) is 4.74 Å². The Morgan fingerprint density at radius 2 is 2.17 bits per heavy atom. The number of carbonyl (C=O) groups is 1. The monoisotopic (exact) mass is 244 g/mol. The first kappa shape index (κ1) is 12.4. The number of ether oxygens (including phenoxy) is 1. The van der Waals surface area contributed by atoms with Crippen molar-refractivity contribution in [1.29, 1.82) is 0 Å². The molecule has 18 heavy (non-hydrogen) atoms. The van der Waals surface area contributed by atoms with Crippen LogP contribution in [0.4, 0.5) is 0 Å². The zero-order valence-electron chi connectivity index (χ0n) is 10.6. The normalized spacial score (nSPS) is 10.3. The second-order valence-corrected chi connectivity index (χ2v) is 3.98. The van der Waals surface area contributed by atoms with Gasteiger partial charge in [-0.1, -0.05) is 19.1 Å². The highest BCUT2D eigenvalue weighted by molar-refractivity contribution is 5.96. The van der Waals surface area contributed by atoms with E-state index in [1.54, 1.807) is 13.2 Å². The predicted molar refractivity (Wildman–Crippen MR) is 70.9 cm³/mol. The van der Waals surface area contributed by atoms with Crippen molar-refractivity contribution in [1.82, 2.24) is 10.3 Å². The number of methoxy groups -OCH3 is 1. The molecule has 1 aromatic heterocycles. The van der Waals surface area contributed by atoms with Gasteiger partial charge in [-0.05, 0) is 18.6 Å². The number of hydrogen-bond donors (Lipinski definition) is 1. The standard InChI is InChI=1S/C14H16N2O2/c1-3-8-15-14(17)12-9-13(18-2)10-6-4-5-7-11(10)16-12/h4-7,9H,3,8H2,1-2H3,(H,15,17). The largest absolute Gasteiger partial charge is 0.496 e. The molecule has 0 atom stereocenters. The van der Waals surface area contributed by atoms with Crippen molar-refractivity contribution in [3.63, 3.8) is 0 Å². The molecule has 4 heteroatoms. The summed E-state index contributed by atoms with van der Waals surface area (Å²) in [5.41, 5.74) is 1.15. The maximum atomic E-state index is 11.9. The van der Waals surface area contributed by atoms with E-state index in [2.05, 4.69) is 10.3 Å². The molecule has 0 saturated heterocycles. The minimum absolute atomic E-state index is 0.166. The number of benzene rings is 1. The third-order valence-electron chi connectivity index (χ3n) is 2.67. The van der Waals surface area contributed by atoms with Crippen molar-refractivity contribution in [2.75, 3.05) is 13.7 Å². The zero-order valence-corrected chi connectivity index (χ0v) is 10.6. The Balaban J connectivity index is 2.43. The van der Waals surface area contributed by atoms with E-state index in [-0.39, 0.29) is 5.91 Å². The lowest BCUT2D eigenvalue weighted by atomic mass is 10.1. The van der Waals surface area contributed by atoms with E-state index in [1.165, 1.54) is 0 Å². The molecule has 1 amide bonds. The van der Waals surface area contributed by atoms with E-state index in [0.29, 0.717) is 18.0 Å². The molecule has 0 radical (unpaired) electrons. The van der Waals surface area contributed by atoms with Gasteiger partial charge in [0.1, 0.15) is 11.4 Å². The van der Waals surface area contributed by atoms with Gasteiger partial charge in [0.15, 0.2) is 0 Å². The topological polar surface area (TPSA) is 51.2 Å². The van der Waals surface area contributed by atoms with Gasteiger partial charge >= 0.3 is 0 Å². The fourth-order valence-corrected chi connectivity index (χ4v) is 1.76. The van der Waals surface area contributed by atoms with Gasteiger partial charge in [0.05, 0.1) is 12.6 Å². The summed E-state index contributed by atoms with van der Waals surface area (Å²) in [6.07, 6.45) is 0.899. The summed E-state index contributed by atoms with van der Waals surface area (Å²) in [5, 5.41) is 3.72. The van der Waals surface area contributed by atoms with Gasteiger partial charge < -0.3 is 10.1 Å². The molecule has 0 fully saturated rings. The summed E-state index contributed by atoms with van der Waals surface area (Å²) < 4.78 is 5.30. The smallest absolute Gasteiger partial charge is 0.270 e. The van der Waals surface area contributed by atoms with E-state index >= 15 is 0 Å². The van der Waals surface area contributed by atoms with Crippen LogP contribution in [0.15, 0.2) is 30.3 Å². The first-order chi connectivity index (χ1) is 8.76. The van der Waals surface area contributed by atoms with Crippen LogP contribution >= 0.6 is 0 Å². The van der Waals surface area contributed by atoms with Crippen LogP contribution in [0.2, 0.25) is 0 Å². The first-order valence-corrected chi connectivity index (χ1v) is 5.98. The maximum Gasteiger partial charge on any atom is 0.270 e. The number of nitrogens with one attached hydrogen (secondary N) is 1. The summed E-state index contributed by atoms with van der Waals surface area (Å²) in [4.78, 5) is 16.2. The van der Waals surface area contributed by atoms with Crippen LogP contribution in [0.3, 0.4) is 0 Å². The average molecular weight is 244 g/mol. The lowest BCUT2D eigenvalue weighted by molar-refractivity contribution is 0.0948. The zero-order chi connectivity index (χ0) is 13.0. The minimum atomic E-state index is -0.166. The van der Waals surface area contributed by atoms with Crippen molar-refractivity contribution in [3.8, 4) is 5.75 Å². The van der Waals surface area contributed by atoms with Crippen molar-refractivity contribution in [3.05, 3.63) is 36.0 Å². The number of carbonyl (C=O) groups excluding carboxylic acids is 1. The van der Waals surface area contributed by atoms with Crippen LogP contribution in [0, 0.1) is 0 Å². The third kappa shape index (κ3) is 2.42. The number of amides is 1. The van der Waals surface area contributed by atoms with Crippen LogP contribution in [0.5, 0.6) is 5.75 Å². The molecule has 2 aromatic rings. The van der Waals surface area contributed by atoms with Gasteiger partial charge in [0, 0.05) is 18.0 Å². The molecule has 1 aromatic carbocycles. The molecular formula is C14H16N2O2. The quantitative estimate of drug-likeness (QED) is 0.898. The SMILES string of the molecule is CCCNC(=O)c1cc(OC)c2ccccc2n1. The van der Waals surface area contributed by atoms with Crippen LogP contribution in [0.1, 0.15) is 23.8 Å². The number of fused-ring (bicyclic) bond motifs is 1. The molecule has 0 aliphatic carbocycles. The summed E-state index contributed by atoms with van der Waals surface area (Å²) in [6.45, 7) is 2.66. The molecule has 94 valence electrons. The third-order valence-corrected chi connectivity index (χ3v) is 2.67. The molecule has 1 heterocycles. The second-order valence-electron chi connectivity index (χ2n) is 3.98. The lowest BCUT2D eigenvalue weighted by Gasteiger charge is -2.08. The minimum Gasteiger partial charge on any atom is -0.496 e. The number of pyridine rings is 1. The summed E-state index contributed by atoms with van der Waals surface area (Å²) >= 11 is 0. The molecular weight excluding hydrogens is 228 g/mol. The first-order valence-electron chi connectivity index (χ1n) is 5.98. The Hall–Kier alpha value is -2.10. The summed E-state index contributed by atoms with van der Waals surface area (Å²) in [5.74, 6) is 0.503. The molecule has 0 aliphatic heterocycles. The molecule has 2 rings (SSSR count). The molecule has 0 spiro atoms.